The van der Waals surface area contributed by atoms with Crippen molar-refractivity contribution in [2.45, 2.75) is 19.8 Å². The van der Waals surface area contributed by atoms with E-state index in [1.807, 2.05) is 32.0 Å². The van der Waals surface area contributed by atoms with Crippen molar-refractivity contribution >= 4 is 16.6 Å². The van der Waals surface area contributed by atoms with E-state index in [0.717, 1.165) is 21.9 Å². The predicted molar refractivity (Wildman–Crippen MR) is 89.0 cm³/mol. The van der Waals surface area contributed by atoms with E-state index in [4.69, 9.17) is 5.73 Å². The molecule has 0 unspecified atom stereocenters. The quantitative estimate of drug-likeness (QED) is 0.667. The van der Waals surface area contributed by atoms with Gasteiger partial charge >= 0.3 is 0 Å². The summed E-state index contributed by atoms with van der Waals surface area (Å²) in [5.41, 5.74) is 7.95. The number of nitrogen functional groups attached to an aromatic ring is 1. The summed E-state index contributed by atoms with van der Waals surface area (Å²) in [6.07, 6.45) is 1.73. The van der Waals surface area contributed by atoms with Crippen LogP contribution < -0.4 is 5.73 Å². The van der Waals surface area contributed by atoms with Gasteiger partial charge in [0.25, 0.3) is 0 Å². The molecule has 0 aliphatic carbocycles. The van der Waals surface area contributed by atoms with E-state index in [1.165, 1.54) is 0 Å². The van der Waals surface area contributed by atoms with Crippen molar-refractivity contribution in [2.75, 3.05) is 5.73 Å². The van der Waals surface area contributed by atoms with Gasteiger partial charge in [-0.05, 0) is 46.7 Å². The minimum Gasteiger partial charge on any atom is -0.507 e. The number of anilines is 1. The highest BCUT2D eigenvalue weighted by atomic mass is 16.3. The van der Waals surface area contributed by atoms with Crippen molar-refractivity contribution in [3.05, 3.63) is 48.2 Å². The SMILES string of the molecule is CC(C)c1c(O)cc(-c2ccc3cnc(N)cc3c2)cc1O. The summed E-state index contributed by atoms with van der Waals surface area (Å²) in [5.74, 6) is 0.737. The Morgan fingerprint density at radius 2 is 1.59 bits per heavy atom. The summed E-state index contributed by atoms with van der Waals surface area (Å²) in [4.78, 5) is 4.07. The van der Waals surface area contributed by atoms with Crippen LogP contribution in [0, 0.1) is 0 Å². The number of rotatable bonds is 2. The van der Waals surface area contributed by atoms with Crippen molar-refractivity contribution in [3.63, 3.8) is 0 Å². The monoisotopic (exact) mass is 294 g/mol. The molecular formula is C18H18N2O2. The lowest BCUT2D eigenvalue weighted by Gasteiger charge is -2.13. The molecule has 0 fully saturated rings. The van der Waals surface area contributed by atoms with E-state index in [9.17, 15) is 10.2 Å². The highest BCUT2D eigenvalue weighted by Crippen LogP contribution is 2.38. The average Bonchev–Trinajstić information content (AvgIpc) is 2.45. The van der Waals surface area contributed by atoms with E-state index in [2.05, 4.69) is 4.98 Å². The fraction of sp³-hybridized carbons (Fsp3) is 0.167. The van der Waals surface area contributed by atoms with Gasteiger partial charge in [-0.2, -0.15) is 0 Å². The van der Waals surface area contributed by atoms with Crippen LogP contribution in [0.5, 0.6) is 11.5 Å². The highest BCUT2D eigenvalue weighted by molar-refractivity contribution is 5.88. The van der Waals surface area contributed by atoms with Gasteiger partial charge in [-0.3, -0.25) is 0 Å². The zero-order valence-electron chi connectivity index (χ0n) is 12.5. The number of fused-ring (bicyclic) bond motifs is 1. The summed E-state index contributed by atoms with van der Waals surface area (Å²) in [6, 6.07) is 11.0. The van der Waals surface area contributed by atoms with E-state index >= 15 is 0 Å². The molecule has 0 atom stereocenters. The number of pyridine rings is 1. The van der Waals surface area contributed by atoms with Crippen molar-refractivity contribution in [2.24, 2.45) is 0 Å². The zero-order valence-corrected chi connectivity index (χ0v) is 12.5. The van der Waals surface area contributed by atoms with Crippen LogP contribution in [0.1, 0.15) is 25.3 Å². The minimum absolute atomic E-state index is 0.0523. The molecule has 1 aromatic heterocycles. The molecule has 4 heteroatoms. The number of phenolic OH excluding ortho intramolecular Hbond substituents is 2. The molecule has 0 aliphatic rings. The van der Waals surface area contributed by atoms with Gasteiger partial charge in [0.1, 0.15) is 17.3 Å². The van der Waals surface area contributed by atoms with Gasteiger partial charge < -0.3 is 15.9 Å². The second-order valence-corrected chi connectivity index (χ2v) is 5.75. The molecule has 0 saturated carbocycles. The van der Waals surface area contributed by atoms with E-state index in [0.29, 0.717) is 11.4 Å². The Bertz CT molecular complexity index is 834. The number of nitrogens with zero attached hydrogens (tertiary/aromatic N) is 1. The summed E-state index contributed by atoms with van der Waals surface area (Å²) in [6.45, 7) is 3.86. The third-order valence-corrected chi connectivity index (χ3v) is 3.79. The first-order chi connectivity index (χ1) is 10.5. The number of hydrogen-bond acceptors (Lipinski definition) is 4. The Hall–Kier alpha value is -2.75. The Kier molecular flexibility index (Phi) is 3.37. The third kappa shape index (κ3) is 2.44. The second-order valence-electron chi connectivity index (χ2n) is 5.75. The van der Waals surface area contributed by atoms with Gasteiger partial charge in [0, 0.05) is 17.1 Å². The zero-order chi connectivity index (χ0) is 15.9. The maximum absolute atomic E-state index is 10.2. The van der Waals surface area contributed by atoms with Crippen LogP contribution in [0.3, 0.4) is 0 Å². The summed E-state index contributed by atoms with van der Waals surface area (Å²) in [7, 11) is 0. The molecule has 1 heterocycles. The number of phenols is 2. The third-order valence-electron chi connectivity index (χ3n) is 3.79. The largest absolute Gasteiger partial charge is 0.507 e. The van der Waals surface area contributed by atoms with Crippen molar-refractivity contribution in [1.29, 1.82) is 0 Å². The molecule has 2 aromatic carbocycles. The second kappa shape index (κ2) is 5.22. The van der Waals surface area contributed by atoms with Crippen LogP contribution in [0.15, 0.2) is 42.6 Å². The number of benzene rings is 2. The molecule has 4 nitrogen and oxygen atoms in total. The Morgan fingerprint density at radius 1 is 0.909 bits per heavy atom. The molecule has 0 aliphatic heterocycles. The van der Waals surface area contributed by atoms with Gasteiger partial charge in [-0.15, -0.1) is 0 Å². The molecule has 0 saturated heterocycles. The van der Waals surface area contributed by atoms with E-state index in [-0.39, 0.29) is 17.4 Å². The first-order valence-electron chi connectivity index (χ1n) is 7.17. The molecule has 4 N–H and O–H groups in total. The Labute approximate surface area is 128 Å². The smallest absolute Gasteiger partial charge is 0.123 e. The topological polar surface area (TPSA) is 79.4 Å². The van der Waals surface area contributed by atoms with Crippen LogP contribution in [-0.2, 0) is 0 Å². The molecular weight excluding hydrogens is 276 g/mol. The maximum atomic E-state index is 10.2. The molecule has 0 radical (unpaired) electrons. The number of aromatic hydroxyl groups is 2. The van der Waals surface area contributed by atoms with Crippen LogP contribution in [0.2, 0.25) is 0 Å². The minimum atomic E-state index is 0.0523. The maximum Gasteiger partial charge on any atom is 0.123 e. The normalized spacial score (nSPS) is 11.2. The molecule has 3 aromatic rings. The van der Waals surface area contributed by atoms with E-state index in [1.54, 1.807) is 24.4 Å². The predicted octanol–water partition coefficient (Wildman–Crippen LogP) is 4.02. The summed E-state index contributed by atoms with van der Waals surface area (Å²) < 4.78 is 0. The molecule has 112 valence electrons. The first kappa shape index (κ1) is 14.2. The molecule has 0 bridgehead atoms. The van der Waals surface area contributed by atoms with Gasteiger partial charge in [0.05, 0.1) is 0 Å². The lowest BCUT2D eigenvalue weighted by Crippen LogP contribution is -1.91. The van der Waals surface area contributed by atoms with Crippen LogP contribution in [0.25, 0.3) is 21.9 Å². The standard InChI is InChI=1S/C18H18N2O2/c1-10(2)18-15(21)6-14(7-16(18)22)11-3-4-12-9-20-17(19)8-13(12)5-11/h3-10,21-22H,1-2H3,(H2,19,20). The average molecular weight is 294 g/mol. The fourth-order valence-electron chi connectivity index (χ4n) is 2.72. The van der Waals surface area contributed by atoms with Crippen LogP contribution in [0.4, 0.5) is 5.82 Å². The lowest BCUT2D eigenvalue weighted by atomic mass is 9.95. The molecule has 0 spiro atoms. The van der Waals surface area contributed by atoms with Crippen molar-refractivity contribution in [3.8, 4) is 22.6 Å². The van der Waals surface area contributed by atoms with Gasteiger partial charge in [-0.25, -0.2) is 4.98 Å². The van der Waals surface area contributed by atoms with Gasteiger partial charge in [-0.1, -0.05) is 26.0 Å². The summed E-state index contributed by atoms with van der Waals surface area (Å²) >= 11 is 0. The van der Waals surface area contributed by atoms with E-state index < -0.39 is 0 Å². The molecule has 3 rings (SSSR count). The number of hydrogen-bond donors (Lipinski definition) is 3. The van der Waals surface area contributed by atoms with Crippen molar-refractivity contribution in [1.82, 2.24) is 4.98 Å². The lowest BCUT2D eigenvalue weighted by molar-refractivity contribution is 0.434. The molecule has 0 amide bonds. The van der Waals surface area contributed by atoms with Crippen LogP contribution in [-0.4, -0.2) is 15.2 Å². The fourth-order valence-corrected chi connectivity index (χ4v) is 2.72. The highest BCUT2D eigenvalue weighted by Gasteiger charge is 2.14. The molecule has 22 heavy (non-hydrogen) atoms. The van der Waals surface area contributed by atoms with Gasteiger partial charge in [0.15, 0.2) is 0 Å². The first-order valence-corrected chi connectivity index (χ1v) is 7.17. The number of nitrogens with two attached hydrogens (primary N) is 1. The Balaban J connectivity index is 2.15. The summed E-state index contributed by atoms with van der Waals surface area (Å²) in [5, 5.41) is 22.3. The van der Waals surface area contributed by atoms with Crippen LogP contribution >= 0.6 is 0 Å². The Morgan fingerprint density at radius 3 is 2.23 bits per heavy atom. The van der Waals surface area contributed by atoms with Gasteiger partial charge in [0.2, 0.25) is 0 Å². The van der Waals surface area contributed by atoms with Crippen molar-refractivity contribution < 1.29 is 10.2 Å². The number of aromatic nitrogens is 1.